The number of hydrogen-bond acceptors (Lipinski definition) is 3. The summed E-state index contributed by atoms with van der Waals surface area (Å²) in [6.07, 6.45) is 1.16. The molecule has 108 valence electrons. The van der Waals surface area contributed by atoms with Crippen LogP contribution in [0.2, 0.25) is 0 Å². The first kappa shape index (κ1) is 15.8. The second-order valence-electron chi connectivity index (χ2n) is 5.21. The summed E-state index contributed by atoms with van der Waals surface area (Å²) in [5, 5.41) is 5.31. The number of carbonyl (C=O) groups excluding carboxylic acids is 2. The van der Waals surface area contributed by atoms with Crippen molar-refractivity contribution in [2.75, 3.05) is 10.6 Å². The standard InChI is InChI=1S/C15H20N2O3/c1-5-8-13(18)16-11-9-6-7-10-12(11)17-14(19)20-15(2,3)4/h5-7,9-10H,1,8H2,2-4H3,(H,16,18)(H,17,19). The highest BCUT2D eigenvalue weighted by molar-refractivity contribution is 5.98. The summed E-state index contributed by atoms with van der Waals surface area (Å²) in [6.45, 7) is 8.85. The van der Waals surface area contributed by atoms with Crippen molar-refractivity contribution in [3.8, 4) is 0 Å². The minimum absolute atomic E-state index is 0.196. The predicted molar refractivity (Wildman–Crippen MR) is 79.7 cm³/mol. The molecule has 0 atom stereocenters. The molecule has 0 saturated carbocycles. The molecule has 0 aliphatic heterocycles. The molecule has 0 aliphatic rings. The first-order valence-electron chi connectivity index (χ1n) is 6.31. The molecule has 0 spiro atoms. The molecule has 0 radical (unpaired) electrons. The third-order valence-corrected chi connectivity index (χ3v) is 2.17. The molecule has 20 heavy (non-hydrogen) atoms. The van der Waals surface area contributed by atoms with Gasteiger partial charge in [-0.2, -0.15) is 0 Å². The minimum Gasteiger partial charge on any atom is -0.444 e. The smallest absolute Gasteiger partial charge is 0.412 e. The lowest BCUT2D eigenvalue weighted by atomic mass is 10.2. The van der Waals surface area contributed by atoms with Crippen LogP contribution in [0, 0.1) is 0 Å². The van der Waals surface area contributed by atoms with E-state index < -0.39 is 11.7 Å². The molecule has 0 bridgehead atoms. The summed E-state index contributed by atoms with van der Waals surface area (Å²) < 4.78 is 5.17. The average molecular weight is 276 g/mol. The van der Waals surface area contributed by atoms with E-state index in [2.05, 4.69) is 17.2 Å². The molecule has 0 heterocycles. The predicted octanol–water partition coefficient (Wildman–Crippen LogP) is 3.55. The first-order valence-corrected chi connectivity index (χ1v) is 6.31. The van der Waals surface area contributed by atoms with Crippen molar-refractivity contribution in [3.63, 3.8) is 0 Å². The van der Waals surface area contributed by atoms with Crippen LogP contribution in [-0.2, 0) is 9.53 Å². The van der Waals surface area contributed by atoms with Crippen molar-refractivity contribution >= 4 is 23.4 Å². The van der Waals surface area contributed by atoms with Crippen molar-refractivity contribution in [1.29, 1.82) is 0 Å². The van der Waals surface area contributed by atoms with E-state index in [1.54, 1.807) is 45.0 Å². The SMILES string of the molecule is C=CCC(=O)Nc1ccccc1NC(=O)OC(C)(C)C. The second kappa shape index (κ2) is 6.75. The van der Waals surface area contributed by atoms with Crippen LogP contribution < -0.4 is 10.6 Å². The van der Waals surface area contributed by atoms with Gasteiger partial charge in [-0.05, 0) is 32.9 Å². The first-order chi connectivity index (χ1) is 9.31. The Morgan fingerprint density at radius 1 is 1.20 bits per heavy atom. The molecule has 0 fully saturated rings. The Labute approximate surface area is 119 Å². The normalized spacial score (nSPS) is 10.6. The van der Waals surface area contributed by atoms with E-state index >= 15 is 0 Å². The lowest BCUT2D eigenvalue weighted by Crippen LogP contribution is -2.27. The van der Waals surface area contributed by atoms with Gasteiger partial charge in [0, 0.05) is 6.42 Å². The lowest BCUT2D eigenvalue weighted by molar-refractivity contribution is -0.115. The van der Waals surface area contributed by atoms with Gasteiger partial charge in [0.15, 0.2) is 0 Å². The maximum Gasteiger partial charge on any atom is 0.412 e. The number of anilines is 2. The molecule has 5 heteroatoms. The third kappa shape index (κ3) is 5.56. The van der Waals surface area contributed by atoms with Gasteiger partial charge in [-0.3, -0.25) is 10.1 Å². The number of carbonyl (C=O) groups is 2. The molecule has 0 aromatic heterocycles. The van der Waals surface area contributed by atoms with Crippen molar-refractivity contribution in [1.82, 2.24) is 0 Å². The molecular weight excluding hydrogens is 256 g/mol. The number of ether oxygens (including phenoxy) is 1. The van der Waals surface area contributed by atoms with Crippen LogP contribution in [0.3, 0.4) is 0 Å². The van der Waals surface area contributed by atoms with Gasteiger partial charge < -0.3 is 10.1 Å². The van der Waals surface area contributed by atoms with E-state index in [4.69, 9.17) is 4.74 Å². The molecular formula is C15H20N2O3. The summed E-state index contributed by atoms with van der Waals surface area (Å²) >= 11 is 0. The van der Waals surface area contributed by atoms with Crippen molar-refractivity contribution in [3.05, 3.63) is 36.9 Å². The fourth-order valence-electron chi connectivity index (χ4n) is 1.45. The Morgan fingerprint density at radius 3 is 2.25 bits per heavy atom. The van der Waals surface area contributed by atoms with Gasteiger partial charge in [-0.15, -0.1) is 6.58 Å². The number of amides is 2. The van der Waals surface area contributed by atoms with E-state index in [1.807, 2.05) is 0 Å². The largest absolute Gasteiger partial charge is 0.444 e. The molecule has 2 N–H and O–H groups in total. The topological polar surface area (TPSA) is 67.4 Å². The van der Waals surface area contributed by atoms with Crippen LogP contribution in [0.25, 0.3) is 0 Å². The fraction of sp³-hybridized carbons (Fsp3) is 0.333. The van der Waals surface area contributed by atoms with Crippen LogP contribution in [0.15, 0.2) is 36.9 Å². The quantitative estimate of drug-likeness (QED) is 0.826. The summed E-state index contributed by atoms with van der Waals surface area (Å²) in [6, 6.07) is 6.92. The van der Waals surface area contributed by atoms with Gasteiger partial charge in [0.1, 0.15) is 5.60 Å². The number of rotatable bonds is 4. The van der Waals surface area contributed by atoms with Crippen LogP contribution in [-0.4, -0.2) is 17.6 Å². The maximum absolute atomic E-state index is 11.7. The maximum atomic E-state index is 11.7. The number of benzene rings is 1. The Morgan fingerprint density at radius 2 is 1.75 bits per heavy atom. The van der Waals surface area contributed by atoms with Gasteiger partial charge in [-0.25, -0.2) is 4.79 Å². The molecule has 0 aliphatic carbocycles. The van der Waals surface area contributed by atoms with Crippen LogP contribution in [0.1, 0.15) is 27.2 Å². The Balaban J connectivity index is 2.77. The highest BCUT2D eigenvalue weighted by atomic mass is 16.6. The minimum atomic E-state index is -0.578. The molecule has 2 amide bonds. The summed E-state index contributed by atoms with van der Waals surface area (Å²) in [4.78, 5) is 23.3. The molecule has 0 saturated heterocycles. The van der Waals surface area contributed by atoms with Gasteiger partial charge in [0.05, 0.1) is 11.4 Å². The van der Waals surface area contributed by atoms with E-state index in [1.165, 1.54) is 6.08 Å². The van der Waals surface area contributed by atoms with Crippen LogP contribution in [0.5, 0.6) is 0 Å². The van der Waals surface area contributed by atoms with Gasteiger partial charge in [0.2, 0.25) is 5.91 Å². The summed E-state index contributed by atoms with van der Waals surface area (Å²) in [7, 11) is 0. The number of para-hydroxylation sites is 2. The van der Waals surface area contributed by atoms with E-state index in [0.717, 1.165) is 0 Å². The van der Waals surface area contributed by atoms with Crippen molar-refractivity contribution < 1.29 is 14.3 Å². The Hall–Kier alpha value is -2.30. The fourth-order valence-corrected chi connectivity index (χ4v) is 1.45. The molecule has 1 aromatic rings. The summed E-state index contributed by atoms with van der Waals surface area (Å²) in [5.41, 5.74) is 0.426. The lowest BCUT2D eigenvalue weighted by Gasteiger charge is -2.20. The van der Waals surface area contributed by atoms with E-state index in [9.17, 15) is 9.59 Å². The van der Waals surface area contributed by atoms with E-state index in [-0.39, 0.29) is 12.3 Å². The molecule has 0 unspecified atom stereocenters. The Bertz CT molecular complexity index is 504. The second-order valence-corrected chi connectivity index (χ2v) is 5.21. The number of nitrogens with one attached hydrogen (secondary N) is 2. The zero-order valence-electron chi connectivity index (χ0n) is 12.0. The highest BCUT2D eigenvalue weighted by Gasteiger charge is 2.17. The van der Waals surface area contributed by atoms with Gasteiger partial charge in [0.25, 0.3) is 0 Å². The van der Waals surface area contributed by atoms with Gasteiger partial charge >= 0.3 is 6.09 Å². The average Bonchev–Trinajstić information content (AvgIpc) is 2.29. The van der Waals surface area contributed by atoms with Crippen LogP contribution >= 0.6 is 0 Å². The van der Waals surface area contributed by atoms with E-state index in [0.29, 0.717) is 11.4 Å². The van der Waals surface area contributed by atoms with Crippen molar-refractivity contribution in [2.45, 2.75) is 32.8 Å². The molecule has 5 nitrogen and oxygen atoms in total. The zero-order valence-corrected chi connectivity index (χ0v) is 12.0. The molecule has 1 aromatic carbocycles. The Kier molecular flexibility index (Phi) is 5.32. The third-order valence-electron chi connectivity index (χ3n) is 2.17. The highest BCUT2D eigenvalue weighted by Crippen LogP contribution is 2.22. The van der Waals surface area contributed by atoms with Crippen molar-refractivity contribution in [2.24, 2.45) is 0 Å². The monoisotopic (exact) mass is 276 g/mol. The zero-order chi connectivity index (χ0) is 15.2. The molecule has 1 rings (SSSR count). The summed E-state index contributed by atoms with van der Waals surface area (Å²) in [5.74, 6) is -0.196. The van der Waals surface area contributed by atoms with Gasteiger partial charge in [-0.1, -0.05) is 18.2 Å². The van der Waals surface area contributed by atoms with Crippen LogP contribution in [0.4, 0.5) is 16.2 Å². The number of hydrogen-bond donors (Lipinski definition) is 2.